The molecule has 6 heteroatoms. The van der Waals surface area contributed by atoms with E-state index >= 15 is 0 Å². The first kappa shape index (κ1) is 12.4. The quantitative estimate of drug-likeness (QED) is 0.333. The maximum absolute atomic E-state index is 8.64. The van der Waals surface area contributed by atoms with E-state index < -0.39 is 0 Å². The highest BCUT2D eigenvalue weighted by molar-refractivity contribution is 8.13. The SMILES string of the molecule is CSC(=NC#N)N(Cl)c1ccc(C#N)cc1. The van der Waals surface area contributed by atoms with Crippen LogP contribution in [0.5, 0.6) is 0 Å². The standard InChI is InChI=1S/C10H7ClN4S/c1-16-10(14-7-13)15(11)9-4-2-8(6-12)3-5-9/h2-5H,1H3. The zero-order chi connectivity index (χ0) is 12.0. The van der Waals surface area contributed by atoms with Gasteiger partial charge in [-0.1, -0.05) is 11.8 Å². The topological polar surface area (TPSA) is 63.2 Å². The molecule has 0 spiro atoms. The molecule has 0 unspecified atom stereocenters. The minimum absolute atomic E-state index is 0.383. The fraction of sp³-hybridized carbons (Fsp3) is 0.100. The molecule has 1 aromatic carbocycles. The molecular weight excluding hydrogens is 244 g/mol. The monoisotopic (exact) mass is 250 g/mol. The summed E-state index contributed by atoms with van der Waals surface area (Å²) >= 11 is 7.26. The van der Waals surface area contributed by atoms with Crippen LogP contribution in [0.15, 0.2) is 29.3 Å². The lowest BCUT2D eigenvalue weighted by Crippen LogP contribution is -2.16. The average Bonchev–Trinajstić information content (AvgIpc) is 2.35. The Balaban J connectivity index is 2.97. The lowest BCUT2D eigenvalue weighted by molar-refractivity contribution is 1.41. The van der Waals surface area contributed by atoms with E-state index in [-0.39, 0.29) is 0 Å². The van der Waals surface area contributed by atoms with Crippen LogP contribution in [0, 0.1) is 22.8 Å². The Morgan fingerprint density at radius 2 is 2.00 bits per heavy atom. The van der Waals surface area contributed by atoms with Gasteiger partial charge in [-0.2, -0.15) is 10.5 Å². The van der Waals surface area contributed by atoms with E-state index in [2.05, 4.69) is 4.99 Å². The molecule has 0 amide bonds. The molecule has 0 bridgehead atoms. The summed E-state index contributed by atoms with van der Waals surface area (Å²) in [5.74, 6) is 0. The predicted molar refractivity (Wildman–Crippen MR) is 66.1 cm³/mol. The van der Waals surface area contributed by atoms with Gasteiger partial charge in [-0.15, -0.1) is 4.99 Å². The zero-order valence-electron chi connectivity index (χ0n) is 8.38. The molecule has 0 aromatic heterocycles. The summed E-state index contributed by atoms with van der Waals surface area (Å²) in [6, 6.07) is 8.69. The van der Waals surface area contributed by atoms with Crippen molar-refractivity contribution in [1.29, 1.82) is 10.5 Å². The largest absolute Gasteiger partial charge is 0.230 e. The molecule has 1 rings (SSSR count). The van der Waals surface area contributed by atoms with Gasteiger partial charge in [0.15, 0.2) is 5.17 Å². The summed E-state index contributed by atoms with van der Waals surface area (Å²) in [5, 5.41) is 17.5. The first-order chi connectivity index (χ1) is 7.72. The number of aliphatic imine (C=N–C) groups is 1. The third-order valence-electron chi connectivity index (χ3n) is 1.72. The molecule has 0 aliphatic heterocycles. The summed E-state index contributed by atoms with van der Waals surface area (Å²) in [5.41, 5.74) is 1.21. The molecule has 80 valence electrons. The normalized spacial score (nSPS) is 10.4. The number of thioether (sulfide) groups is 1. The van der Waals surface area contributed by atoms with Crippen molar-refractivity contribution >= 4 is 34.4 Å². The van der Waals surface area contributed by atoms with Crippen molar-refractivity contribution in [2.45, 2.75) is 0 Å². The highest BCUT2D eigenvalue weighted by Gasteiger charge is 2.10. The maximum atomic E-state index is 8.64. The minimum atomic E-state index is 0.383. The molecule has 1 aromatic rings. The van der Waals surface area contributed by atoms with E-state index in [1.54, 1.807) is 36.7 Å². The van der Waals surface area contributed by atoms with E-state index in [0.717, 1.165) is 0 Å². The highest BCUT2D eigenvalue weighted by atomic mass is 35.5. The molecule has 0 heterocycles. The molecule has 4 nitrogen and oxygen atoms in total. The Hall–Kier alpha value is -1.69. The molecule has 0 fully saturated rings. The summed E-state index contributed by atoms with van der Waals surface area (Å²) < 4.78 is 1.27. The van der Waals surface area contributed by atoms with Crippen molar-refractivity contribution in [3.05, 3.63) is 29.8 Å². The van der Waals surface area contributed by atoms with Crippen LogP contribution in [0.4, 0.5) is 5.69 Å². The highest BCUT2D eigenvalue weighted by Crippen LogP contribution is 2.21. The van der Waals surface area contributed by atoms with Gasteiger partial charge in [0.25, 0.3) is 0 Å². The number of hydrogen-bond donors (Lipinski definition) is 0. The fourth-order valence-corrected chi connectivity index (χ4v) is 1.75. The number of halogens is 1. The fourth-order valence-electron chi connectivity index (χ4n) is 0.990. The first-order valence-corrected chi connectivity index (χ1v) is 5.76. The van der Waals surface area contributed by atoms with Crippen molar-refractivity contribution in [2.75, 3.05) is 10.7 Å². The van der Waals surface area contributed by atoms with Crippen LogP contribution in [0.1, 0.15) is 5.56 Å². The van der Waals surface area contributed by atoms with Gasteiger partial charge in [0.05, 0.1) is 17.3 Å². The molecule has 0 atom stereocenters. The van der Waals surface area contributed by atoms with E-state index in [1.807, 2.05) is 6.07 Å². The van der Waals surface area contributed by atoms with Crippen molar-refractivity contribution in [3.63, 3.8) is 0 Å². The smallest absolute Gasteiger partial charge is 0.208 e. The van der Waals surface area contributed by atoms with Gasteiger partial charge < -0.3 is 0 Å². The molecular formula is C10H7ClN4S. The second kappa shape index (κ2) is 6.02. The van der Waals surface area contributed by atoms with Crippen LogP contribution in [-0.2, 0) is 0 Å². The van der Waals surface area contributed by atoms with Crippen LogP contribution < -0.4 is 4.42 Å². The number of nitrogens with zero attached hydrogens (tertiary/aromatic N) is 4. The Morgan fingerprint density at radius 1 is 1.38 bits per heavy atom. The van der Waals surface area contributed by atoms with E-state index in [1.165, 1.54) is 16.2 Å². The maximum Gasteiger partial charge on any atom is 0.208 e. The summed E-state index contributed by atoms with van der Waals surface area (Å²) in [4.78, 5) is 3.58. The van der Waals surface area contributed by atoms with Crippen molar-refractivity contribution < 1.29 is 0 Å². The number of hydrogen-bond acceptors (Lipinski definition) is 4. The second-order valence-corrected chi connectivity index (χ2v) is 3.75. The van der Waals surface area contributed by atoms with Crippen molar-refractivity contribution in [3.8, 4) is 12.3 Å². The van der Waals surface area contributed by atoms with Crippen LogP contribution in [0.3, 0.4) is 0 Å². The Labute approximate surface area is 103 Å². The Bertz CT molecular complexity index is 469. The molecule has 0 aliphatic rings. The van der Waals surface area contributed by atoms with E-state index in [9.17, 15) is 0 Å². The van der Waals surface area contributed by atoms with Gasteiger partial charge in [0.1, 0.15) is 0 Å². The molecule has 0 saturated heterocycles. The van der Waals surface area contributed by atoms with Gasteiger partial charge in [0.2, 0.25) is 6.19 Å². The summed E-state index contributed by atoms with van der Waals surface area (Å²) in [6.45, 7) is 0. The van der Waals surface area contributed by atoms with Crippen LogP contribution in [-0.4, -0.2) is 11.4 Å². The number of rotatable bonds is 1. The third-order valence-corrected chi connectivity index (χ3v) is 2.81. The number of benzene rings is 1. The average molecular weight is 251 g/mol. The Kier molecular flexibility index (Phi) is 4.65. The molecule has 0 aliphatic carbocycles. The van der Waals surface area contributed by atoms with Crippen molar-refractivity contribution in [1.82, 2.24) is 0 Å². The van der Waals surface area contributed by atoms with Crippen LogP contribution in [0.2, 0.25) is 0 Å². The third kappa shape index (κ3) is 2.90. The molecule has 0 N–H and O–H groups in total. The lowest BCUT2D eigenvalue weighted by Gasteiger charge is -2.14. The molecule has 0 saturated carbocycles. The van der Waals surface area contributed by atoms with Gasteiger partial charge in [0, 0.05) is 11.8 Å². The Morgan fingerprint density at radius 3 is 2.44 bits per heavy atom. The van der Waals surface area contributed by atoms with Crippen molar-refractivity contribution in [2.24, 2.45) is 4.99 Å². The minimum Gasteiger partial charge on any atom is -0.230 e. The van der Waals surface area contributed by atoms with Crippen LogP contribution >= 0.6 is 23.5 Å². The van der Waals surface area contributed by atoms with Gasteiger partial charge in [-0.25, -0.2) is 4.42 Å². The number of nitriles is 2. The lowest BCUT2D eigenvalue weighted by atomic mass is 10.2. The van der Waals surface area contributed by atoms with E-state index in [0.29, 0.717) is 16.4 Å². The van der Waals surface area contributed by atoms with Crippen LogP contribution in [0.25, 0.3) is 0 Å². The number of anilines is 1. The van der Waals surface area contributed by atoms with Gasteiger partial charge >= 0.3 is 0 Å². The second-order valence-electron chi connectivity index (χ2n) is 2.64. The number of amidine groups is 1. The summed E-state index contributed by atoms with van der Waals surface area (Å²) in [7, 11) is 0. The molecule has 0 radical (unpaired) electrons. The predicted octanol–water partition coefficient (Wildman–Crippen LogP) is 2.72. The van der Waals surface area contributed by atoms with Gasteiger partial charge in [-0.3, -0.25) is 0 Å². The van der Waals surface area contributed by atoms with E-state index in [4.69, 9.17) is 22.3 Å². The molecule has 16 heavy (non-hydrogen) atoms. The first-order valence-electron chi connectivity index (χ1n) is 4.19. The summed E-state index contributed by atoms with van der Waals surface area (Å²) in [6.07, 6.45) is 3.45. The zero-order valence-corrected chi connectivity index (χ0v) is 9.96. The van der Waals surface area contributed by atoms with Gasteiger partial charge in [-0.05, 0) is 30.5 Å².